The van der Waals surface area contributed by atoms with Gasteiger partial charge in [0, 0.05) is 18.9 Å². The zero-order valence-corrected chi connectivity index (χ0v) is 17.2. The van der Waals surface area contributed by atoms with Gasteiger partial charge >= 0.3 is 0 Å². The predicted octanol–water partition coefficient (Wildman–Crippen LogP) is 6.69. The summed E-state index contributed by atoms with van der Waals surface area (Å²) < 4.78 is 29.7. The fourth-order valence-corrected chi connectivity index (χ4v) is 3.67. The van der Waals surface area contributed by atoms with Crippen LogP contribution in [-0.2, 0) is 6.54 Å². The van der Waals surface area contributed by atoms with E-state index in [1.807, 2.05) is 41.2 Å². The zero-order valence-electron chi connectivity index (χ0n) is 17.2. The number of pyridine rings is 1. The highest BCUT2D eigenvalue weighted by atomic mass is 19.2. The maximum absolute atomic E-state index is 14.1. The van der Waals surface area contributed by atoms with Crippen molar-refractivity contribution < 1.29 is 8.78 Å². The molecular weight excluding hydrogens is 404 g/mol. The minimum absolute atomic E-state index is 0.0597. The molecule has 0 spiro atoms. The topological polar surface area (TPSA) is 30.7 Å². The molecule has 0 saturated carbocycles. The van der Waals surface area contributed by atoms with Gasteiger partial charge < -0.3 is 4.57 Å². The third-order valence-corrected chi connectivity index (χ3v) is 5.42. The van der Waals surface area contributed by atoms with Crippen LogP contribution in [-0.4, -0.2) is 14.5 Å². The average Bonchev–Trinajstić information content (AvgIpc) is 3.24. The number of halogens is 2. The van der Waals surface area contributed by atoms with Crippen LogP contribution in [0.15, 0.2) is 91.8 Å². The van der Waals surface area contributed by atoms with Crippen LogP contribution < -0.4 is 0 Å². The van der Waals surface area contributed by atoms with E-state index in [-0.39, 0.29) is 11.4 Å². The number of hydrogen-bond donors (Lipinski definition) is 0. The Bertz CT molecular complexity index is 1370. The predicted molar refractivity (Wildman–Crippen MR) is 123 cm³/mol. The van der Waals surface area contributed by atoms with Gasteiger partial charge in [0.05, 0.1) is 11.3 Å². The third kappa shape index (κ3) is 3.81. The summed E-state index contributed by atoms with van der Waals surface area (Å²) in [6, 6.07) is 22.5. The molecule has 0 aliphatic carbocycles. The van der Waals surface area contributed by atoms with Crippen LogP contribution in [0.5, 0.6) is 0 Å². The summed E-state index contributed by atoms with van der Waals surface area (Å²) in [5, 5.41) is 0. The Morgan fingerprint density at radius 1 is 0.812 bits per heavy atom. The second-order valence-electron chi connectivity index (χ2n) is 7.56. The molecule has 0 atom stereocenters. The van der Waals surface area contributed by atoms with Gasteiger partial charge in [0.1, 0.15) is 5.69 Å². The van der Waals surface area contributed by atoms with Crippen molar-refractivity contribution in [3.8, 4) is 33.9 Å². The lowest BCUT2D eigenvalue weighted by molar-refractivity contribution is 0.510. The summed E-state index contributed by atoms with van der Waals surface area (Å²) in [6.45, 7) is 4.44. The van der Waals surface area contributed by atoms with Gasteiger partial charge in [0.2, 0.25) is 0 Å². The van der Waals surface area contributed by atoms with Crippen molar-refractivity contribution in [2.75, 3.05) is 0 Å². The maximum atomic E-state index is 14.1. The molecule has 3 aromatic rings. The van der Waals surface area contributed by atoms with Crippen LogP contribution in [0.1, 0.15) is 11.1 Å². The highest BCUT2D eigenvalue weighted by Gasteiger charge is 2.17. The van der Waals surface area contributed by atoms with Gasteiger partial charge in [-0.2, -0.15) is 0 Å². The number of fused-ring (bicyclic) bond motifs is 1. The van der Waals surface area contributed by atoms with Crippen molar-refractivity contribution in [1.29, 1.82) is 0 Å². The number of imidazole rings is 1. The molecule has 2 aliphatic rings. The molecule has 156 valence electrons. The number of aromatic nitrogens is 3. The first-order valence-corrected chi connectivity index (χ1v) is 10.2. The largest absolute Gasteiger partial charge is 0.348 e. The summed E-state index contributed by atoms with van der Waals surface area (Å²) in [5.74, 6) is -1.66. The van der Waals surface area contributed by atoms with Crippen LogP contribution in [0, 0.1) is 11.6 Å². The molecule has 0 bridgehead atoms. The minimum Gasteiger partial charge on any atom is -0.348 e. The number of nitrogens with zero attached hydrogens (tertiary/aromatic N) is 3. The third-order valence-electron chi connectivity index (χ3n) is 5.42. The molecule has 0 saturated heterocycles. The molecule has 0 aromatic heterocycles. The fourth-order valence-electron chi connectivity index (χ4n) is 3.67. The van der Waals surface area contributed by atoms with Crippen LogP contribution in [0.3, 0.4) is 0 Å². The second-order valence-corrected chi connectivity index (χ2v) is 7.56. The number of hydrogen-bond acceptors (Lipinski definition) is 2. The minimum atomic E-state index is -0.935. The molecule has 0 radical (unpaired) electrons. The molecule has 5 rings (SSSR count). The second kappa shape index (κ2) is 8.19. The van der Waals surface area contributed by atoms with E-state index in [0.29, 0.717) is 17.9 Å². The Morgan fingerprint density at radius 3 is 2.22 bits per heavy atom. The van der Waals surface area contributed by atoms with Crippen LogP contribution in [0.4, 0.5) is 8.78 Å². The first-order chi connectivity index (χ1) is 15.6. The average molecular weight is 423 g/mol. The monoisotopic (exact) mass is 423 g/mol. The number of benzene rings is 3. The molecule has 0 N–H and O–H groups in total. The zero-order chi connectivity index (χ0) is 22.1. The smallest absolute Gasteiger partial charge is 0.169 e. The molecule has 3 nitrogen and oxygen atoms in total. The van der Waals surface area contributed by atoms with Crippen molar-refractivity contribution in [2.45, 2.75) is 6.54 Å². The highest BCUT2D eigenvalue weighted by molar-refractivity contribution is 5.67. The van der Waals surface area contributed by atoms with E-state index >= 15 is 0 Å². The van der Waals surface area contributed by atoms with Crippen LogP contribution >= 0.6 is 0 Å². The molecule has 0 amide bonds. The van der Waals surface area contributed by atoms with Crippen molar-refractivity contribution >= 4 is 6.08 Å². The first-order valence-electron chi connectivity index (χ1n) is 10.2. The molecule has 3 aromatic carbocycles. The fraction of sp³-hybridized carbons (Fsp3) is 0.0370. The first kappa shape index (κ1) is 19.8. The van der Waals surface area contributed by atoms with E-state index in [2.05, 4.69) is 52.9 Å². The van der Waals surface area contributed by atoms with Crippen LogP contribution in [0.25, 0.3) is 40.0 Å². The quantitative estimate of drug-likeness (QED) is 0.315. The van der Waals surface area contributed by atoms with Gasteiger partial charge in [-0.1, -0.05) is 67.3 Å². The Hall–Kier alpha value is -4.12. The van der Waals surface area contributed by atoms with Crippen molar-refractivity contribution in [1.82, 2.24) is 14.5 Å². The van der Waals surface area contributed by atoms with Gasteiger partial charge in [0.25, 0.3) is 0 Å². The van der Waals surface area contributed by atoms with Gasteiger partial charge in [-0.25, -0.2) is 18.7 Å². The van der Waals surface area contributed by atoms with E-state index in [1.165, 1.54) is 12.1 Å². The van der Waals surface area contributed by atoms with Gasteiger partial charge in [-0.3, -0.25) is 0 Å². The Balaban J connectivity index is 1.38. The van der Waals surface area contributed by atoms with Crippen LogP contribution in [0.2, 0.25) is 0 Å². The Labute approximate surface area is 184 Å². The SMILES string of the molecule is C=Cc1ccc(-c2ccc(Cn3ccc4nc(-c5cccc(F)c5F)nc-4c3)cc2)cc1. The lowest BCUT2D eigenvalue weighted by Gasteiger charge is -2.09. The van der Waals surface area contributed by atoms with Gasteiger partial charge in [0.15, 0.2) is 17.5 Å². The summed E-state index contributed by atoms with van der Waals surface area (Å²) in [7, 11) is 0. The highest BCUT2D eigenvalue weighted by Crippen LogP contribution is 2.28. The van der Waals surface area contributed by atoms with Gasteiger partial charge in [-0.15, -0.1) is 0 Å². The standard InChI is InChI=1S/C27H19F2N3/c1-2-18-6-10-20(11-7-18)21-12-8-19(9-13-21)16-32-15-14-24-25(17-32)31-27(30-24)22-4-3-5-23(28)26(22)29/h2-15,17H,1,16H2. The van der Waals surface area contributed by atoms with Gasteiger partial charge in [-0.05, 0) is 40.5 Å². The Morgan fingerprint density at radius 2 is 1.50 bits per heavy atom. The molecule has 0 unspecified atom stereocenters. The van der Waals surface area contributed by atoms with Crippen molar-refractivity contribution in [3.63, 3.8) is 0 Å². The van der Waals surface area contributed by atoms with Crippen molar-refractivity contribution in [3.05, 3.63) is 115 Å². The summed E-state index contributed by atoms with van der Waals surface area (Å²) >= 11 is 0. The molecule has 2 aliphatic heterocycles. The van der Waals surface area contributed by atoms with E-state index in [4.69, 9.17) is 0 Å². The summed E-state index contributed by atoms with van der Waals surface area (Å²) in [4.78, 5) is 8.76. The summed E-state index contributed by atoms with van der Waals surface area (Å²) in [5.41, 5.74) is 5.86. The molecular formula is C27H19F2N3. The van der Waals surface area contributed by atoms with Crippen molar-refractivity contribution in [2.24, 2.45) is 0 Å². The molecule has 0 fully saturated rings. The molecule has 32 heavy (non-hydrogen) atoms. The Kier molecular flexibility index (Phi) is 5.07. The lowest BCUT2D eigenvalue weighted by Crippen LogP contribution is -2.00. The van der Waals surface area contributed by atoms with E-state index < -0.39 is 11.6 Å². The van der Waals surface area contributed by atoms with E-state index in [0.717, 1.165) is 28.3 Å². The molecule has 5 heteroatoms. The maximum Gasteiger partial charge on any atom is 0.169 e. The van der Waals surface area contributed by atoms with E-state index in [1.54, 1.807) is 0 Å². The lowest BCUT2D eigenvalue weighted by atomic mass is 10.0. The molecule has 2 heterocycles. The van der Waals surface area contributed by atoms with E-state index in [9.17, 15) is 8.78 Å². The normalized spacial score (nSPS) is 11.1. The number of rotatable bonds is 5. The summed E-state index contributed by atoms with van der Waals surface area (Å²) in [6.07, 6.45) is 5.60.